The Hall–Kier alpha value is -2.05. The third kappa shape index (κ3) is 3.96. The van der Waals surface area contributed by atoms with Gasteiger partial charge in [0, 0.05) is 17.1 Å². The number of carbonyl (C=O) groups excluding carboxylic acids is 1. The lowest BCUT2D eigenvalue weighted by Gasteiger charge is -2.18. The molecule has 2 aromatic rings. The second-order valence-corrected chi connectivity index (χ2v) is 8.49. The number of halogens is 1. The van der Waals surface area contributed by atoms with Crippen LogP contribution in [0.3, 0.4) is 0 Å². The van der Waals surface area contributed by atoms with Crippen LogP contribution in [0, 0.1) is 0 Å². The van der Waals surface area contributed by atoms with E-state index in [9.17, 15) is 13.2 Å². The first kappa shape index (κ1) is 17.8. The van der Waals surface area contributed by atoms with E-state index in [2.05, 4.69) is 5.32 Å². The number of rotatable bonds is 4. The van der Waals surface area contributed by atoms with Crippen LogP contribution in [0.4, 0.5) is 5.69 Å². The Kier molecular flexibility index (Phi) is 5.01. The van der Waals surface area contributed by atoms with Crippen LogP contribution in [0.2, 0.25) is 5.02 Å². The lowest BCUT2D eigenvalue weighted by atomic mass is 10.1. The molecule has 1 aliphatic heterocycles. The van der Waals surface area contributed by atoms with Crippen molar-refractivity contribution in [1.82, 2.24) is 5.32 Å². The normalized spacial score (nSPS) is 17.3. The van der Waals surface area contributed by atoms with E-state index in [1.165, 1.54) is 4.31 Å². The van der Waals surface area contributed by atoms with Gasteiger partial charge in [0.25, 0.3) is 5.91 Å². The summed E-state index contributed by atoms with van der Waals surface area (Å²) in [6, 6.07) is 13.8. The molecular formula is C18H19ClN2O3S. The van der Waals surface area contributed by atoms with Crippen molar-refractivity contribution < 1.29 is 13.2 Å². The fourth-order valence-electron chi connectivity index (χ4n) is 2.87. The molecule has 0 unspecified atom stereocenters. The minimum Gasteiger partial charge on any atom is -0.346 e. The van der Waals surface area contributed by atoms with Gasteiger partial charge in [0.1, 0.15) is 0 Å². The highest BCUT2D eigenvalue weighted by molar-refractivity contribution is 7.93. The largest absolute Gasteiger partial charge is 0.346 e. The molecule has 25 heavy (non-hydrogen) atoms. The van der Waals surface area contributed by atoms with Gasteiger partial charge in [0.15, 0.2) is 0 Å². The Morgan fingerprint density at radius 3 is 2.64 bits per heavy atom. The Morgan fingerprint density at radius 2 is 1.96 bits per heavy atom. The summed E-state index contributed by atoms with van der Waals surface area (Å²) < 4.78 is 25.5. The standard InChI is InChI=1S/C18H19ClN2O3S/c1-13(14-5-2-7-16(19)11-14)20-18(22)15-6-3-8-17(12-15)21-9-4-10-25(21,23)24/h2-3,5-8,11-13H,4,9-10H2,1H3,(H,20,22)/t13-/m1/s1. The molecule has 2 aromatic carbocycles. The highest BCUT2D eigenvalue weighted by Gasteiger charge is 2.28. The molecule has 0 aromatic heterocycles. The molecule has 1 aliphatic rings. The van der Waals surface area contributed by atoms with Gasteiger partial charge >= 0.3 is 0 Å². The molecule has 1 N–H and O–H groups in total. The fourth-order valence-corrected chi connectivity index (χ4v) is 4.63. The van der Waals surface area contributed by atoms with E-state index < -0.39 is 10.0 Å². The molecule has 132 valence electrons. The quantitative estimate of drug-likeness (QED) is 0.886. The molecule has 1 atom stereocenters. The summed E-state index contributed by atoms with van der Waals surface area (Å²) in [7, 11) is -3.27. The third-order valence-corrected chi connectivity index (χ3v) is 6.30. The van der Waals surface area contributed by atoms with Crippen LogP contribution in [0.5, 0.6) is 0 Å². The average Bonchev–Trinajstić information content (AvgIpc) is 2.94. The molecule has 0 saturated carbocycles. The molecule has 5 nitrogen and oxygen atoms in total. The minimum atomic E-state index is -3.27. The predicted molar refractivity (Wildman–Crippen MR) is 99.5 cm³/mol. The number of hydrogen-bond acceptors (Lipinski definition) is 3. The maximum absolute atomic E-state index is 12.5. The monoisotopic (exact) mass is 378 g/mol. The smallest absolute Gasteiger partial charge is 0.251 e. The van der Waals surface area contributed by atoms with Crippen LogP contribution in [0.1, 0.15) is 35.3 Å². The number of amides is 1. The minimum absolute atomic E-state index is 0.148. The number of anilines is 1. The van der Waals surface area contributed by atoms with Crippen molar-refractivity contribution in [2.24, 2.45) is 0 Å². The summed E-state index contributed by atoms with van der Waals surface area (Å²) in [5.74, 6) is -0.110. The van der Waals surface area contributed by atoms with E-state index in [1.807, 2.05) is 19.1 Å². The summed E-state index contributed by atoms with van der Waals surface area (Å²) in [6.07, 6.45) is 0.602. The maximum atomic E-state index is 12.5. The van der Waals surface area contributed by atoms with Gasteiger partial charge in [-0.25, -0.2) is 8.42 Å². The van der Waals surface area contributed by atoms with Crippen molar-refractivity contribution in [1.29, 1.82) is 0 Å². The zero-order valence-electron chi connectivity index (χ0n) is 13.8. The van der Waals surface area contributed by atoms with Crippen LogP contribution in [0.15, 0.2) is 48.5 Å². The van der Waals surface area contributed by atoms with Crippen molar-refractivity contribution in [2.75, 3.05) is 16.6 Å². The fraction of sp³-hybridized carbons (Fsp3) is 0.278. The van der Waals surface area contributed by atoms with Gasteiger partial charge in [0.05, 0.1) is 17.5 Å². The van der Waals surface area contributed by atoms with Crippen molar-refractivity contribution in [3.63, 3.8) is 0 Å². The summed E-state index contributed by atoms with van der Waals surface area (Å²) >= 11 is 5.99. The van der Waals surface area contributed by atoms with Crippen LogP contribution in [-0.4, -0.2) is 26.6 Å². The molecule has 7 heteroatoms. The van der Waals surface area contributed by atoms with E-state index in [0.717, 1.165) is 5.56 Å². The van der Waals surface area contributed by atoms with Crippen molar-refractivity contribution in [3.05, 3.63) is 64.7 Å². The number of carbonyl (C=O) groups is 1. The Morgan fingerprint density at radius 1 is 1.20 bits per heavy atom. The Bertz CT molecular complexity index is 899. The van der Waals surface area contributed by atoms with Crippen LogP contribution < -0.4 is 9.62 Å². The van der Waals surface area contributed by atoms with E-state index in [0.29, 0.717) is 29.2 Å². The molecule has 0 aliphatic carbocycles. The van der Waals surface area contributed by atoms with E-state index >= 15 is 0 Å². The molecule has 1 fully saturated rings. The second kappa shape index (κ2) is 7.06. The first-order valence-electron chi connectivity index (χ1n) is 8.03. The topological polar surface area (TPSA) is 66.5 Å². The van der Waals surface area contributed by atoms with Crippen LogP contribution in [-0.2, 0) is 10.0 Å². The predicted octanol–water partition coefficient (Wildman–Crippen LogP) is 3.37. The second-order valence-electron chi connectivity index (χ2n) is 6.04. The van der Waals surface area contributed by atoms with Gasteiger partial charge in [0.2, 0.25) is 10.0 Å². The number of nitrogens with zero attached hydrogens (tertiary/aromatic N) is 1. The maximum Gasteiger partial charge on any atom is 0.251 e. The molecule has 0 radical (unpaired) electrons. The lowest BCUT2D eigenvalue weighted by molar-refractivity contribution is 0.0940. The number of nitrogens with one attached hydrogen (secondary N) is 1. The van der Waals surface area contributed by atoms with Crippen molar-refractivity contribution in [2.45, 2.75) is 19.4 Å². The van der Waals surface area contributed by atoms with E-state index in [4.69, 9.17) is 11.6 Å². The first-order valence-corrected chi connectivity index (χ1v) is 10.0. The number of hydrogen-bond donors (Lipinski definition) is 1. The van der Waals surface area contributed by atoms with Crippen LogP contribution in [0.25, 0.3) is 0 Å². The van der Waals surface area contributed by atoms with Gasteiger partial charge in [-0.05, 0) is 49.2 Å². The number of sulfonamides is 1. The molecule has 1 heterocycles. The van der Waals surface area contributed by atoms with Gasteiger partial charge in [-0.3, -0.25) is 9.10 Å². The van der Waals surface area contributed by atoms with E-state index in [1.54, 1.807) is 36.4 Å². The van der Waals surface area contributed by atoms with Crippen molar-refractivity contribution >= 4 is 33.2 Å². The van der Waals surface area contributed by atoms with Gasteiger partial charge < -0.3 is 5.32 Å². The molecule has 1 amide bonds. The molecule has 1 saturated heterocycles. The zero-order valence-corrected chi connectivity index (χ0v) is 15.3. The SMILES string of the molecule is C[C@@H](NC(=O)c1cccc(N2CCCS2(=O)=O)c1)c1cccc(Cl)c1. The van der Waals surface area contributed by atoms with E-state index in [-0.39, 0.29) is 17.7 Å². The summed E-state index contributed by atoms with van der Waals surface area (Å²) in [4.78, 5) is 12.5. The van der Waals surface area contributed by atoms with Crippen molar-refractivity contribution in [3.8, 4) is 0 Å². The van der Waals surface area contributed by atoms with Gasteiger partial charge in [-0.2, -0.15) is 0 Å². The van der Waals surface area contributed by atoms with Gasteiger partial charge in [-0.15, -0.1) is 0 Å². The Labute approximate surface area is 152 Å². The third-order valence-electron chi connectivity index (χ3n) is 4.19. The molecular weight excluding hydrogens is 360 g/mol. The molecule has 0 bridgehead atoms. The summed E-state index contributed by atoms with van der Waals surface area (Å²) in [5.41, 5.74) is 1.85. The molecule has 0 spiro atoms. The lowest BCUT2D eigenvalue weighted by Crippen LogP contribution is -2.28. The average molecular weight is 379 g/mol. The molecule has 3 rings (SSSR count). The summed E-state index contributed by atoms with van der Waals surface area (Å²) in [6.45, 7) is 2.32. The highest BCUT2D eigenvalue weighted by atomic mass is 35.5. The zero-order chi connectivity index (χ0) is 18.0. The summed E-state index contributed by atoms with van der Waals surface area (Å²) in [5, 5.41) is 3.52. The highest BCUT2D eigenvalue weighted by Crippen LogP contribution is 2.25. The van der Waals surface area contributed by atoms with Crippen LogP contribution >= 0.6 is 11.6 Å². The Balaban J connectivity index is 1.78. The first-order chi connectivity index (χ1) is 11.9. The van der Waals surface area contributed by atoms with Gasteiger partial charge in [-0.1, -0.05) is 29.8 Å². The number of benzene rings is 2.